The molecule has 2 fully saturated rings. The fraction of sp³-hybridized carbons (Fsp3) is 0.400. The number of nitrogens with zero attached hydrogens (tertiary/aromatic N) is 3. The molecule has 26 heavy (non-hydrogen) atoms. The summed E-state index contributed by atoms with van der Waals surface area (Å²) in [6, 6.07) is 10.6. The lowest BCUT2D eigenvalue weighted by Crippen LogP contribution is -2.46. The molecule has 4 rings (SSSR count). The molecule has 5 nitrogen and oxygen atoms in total. The lowest BCUT2D eigenvalue weighted by Gasteiger charge is -2.35. The second-order valence-electron chi connectivity index (χ2n) is 7.06. The van der Waals surface area contributed by atoms with Crippen molar-refractivity contribution in [2.45, 2.75) is 19.4 Å². The molecule has 2 aromatic rings. The van der Waals surface area contributed by atoms with Gasteiger partial charge < -0.3 is 10.2 Å². The first-order valence-electron chi connectivity index (χ1n) is 9.16. The van der Waals surface area contributed by atoms with Gasteiger partial charge in [-0.2, -0.15) is 0 Å². The summed E-state index contributed by atoms with van der Waals surface area (Å²) in [5.41, 5.74) is 1.90. The highest BCUT2D eigenvalue weighted by atomic mass is 19.1. The van der Waals surface area contributed by atoms with E-state index in [-0.39, 0.29) is 17.6 Å². The van der Waals surface area contributed by atoms with Crippen LogP contribution in [0.25, 0.3) is 0 Å². The number of pyridine rings is 1. The normalized spacial score (nSPS) is 18.0. The summed E-state index contributed by atoms with van der Waals surface area (Å²) in [5, 5.41) is 2.92. The first kappa shape index (κ1) is 17.0. The molecule has 1 N–H and O–H groups in total. The Labute approximate surface area is 152 Å². The van der Waals surface area contributed by atoms with Gasteiger partial charge in [0.05, 0.1) is 11.9 Å². The Hall–Kier alpha value is -2.47. The molecule has 0 spiro atoms. The lowest BCUT2D eigenvalue weighted by atomic mass is 10.2. The number of piperazine rings is 1. The maximum atomic E-state index is 13.0. The molecule has 1 aliphatic carbocycles. The van der Waals surface area contributed by atoms with Gasteiger partial charge in [-0.3, -0.25) is 9.69 Å². The third-order valence-corrected chi connectivity index (χ3v) is 4.98. The number of anilines is 2. The van der Waals surface area contributed by atoms with E-state index in [1.165, 1.54) is 12.1 Å². The van der Waals surface area contributed by atoms with E-state index in [4.69, 9.17) is 0 Å². The van der Waals surface area contributed by atoms with Gasteiger partial charge in [-0.1, -0.05) is 12.1 Å². The molecule has 1 aromatic carbocycles. The van der Waals surface area contributed by atoms with E-state index in [2.05, 4.69) is 20.1 Å². The van der Waals surface area contributed by atoms with E-state index >= 15 is 0 Å². The quantitative estimate of drug-likeness (QED) is 0.897. The summed E-state index contributed by atoms with van der Waals surface area (Å²) in [6.45, 7) is 4.54. The zero-order chi connectivity index (χ0) is 17.9. The van der Waals surface area contributed by atoms with Gasteiger partial charge in [0.15, 0.2) is 0 Å². The molecule has 1 saturated carbocycles. The predicted molar refractivity (Wildman–Crippen MR) is 99.5 cm³/mol. The minimum Gasteiger partial charge on any atom is -0.354 e. The Morgan fingerprint density at radius 1 is 1.08 bits per heavy atom. The zero-order valence-corrected chi connectivity index (χ0v) is 14.7. The van der Waals surface area contributed by atoms with E-state index in [0.717, 1.165) is 62.6 Å². The summed E-state index contributed by atoms with van der Waals surface area (Å²) in [7, 11) is 0. The molecule has 1 aliphatic heterocycles. The van der Waals surface area contributed by atoms with Gasteiger partial charge in [0.2, 0.25) is 5.91 Å². The molecule has 0 bridgehead atoms. The molecule has 1 amide bonds. The molecule has 2 heterocycles. The largest absolute Gasteiger partial charge is 0.354 e. The smallest absolute Gasteiger partial charge is 0.227 e. The van der Waals surface area contributed by atoms with Crippen molar-refractivity contribution in [1.82, 2.24) is 9.88 Å². The van der Waals surface area contributed by atoms with Gasteiger partial charge in [0.25, 0.3) is 0 Å². The number of hydrogen-bond donors (Lipinski definition) is 1. The molecule has 6 heteroatoms. The van der Waals surface area contributed by atoms with Crippen LogP contribution in [0.15, 0.2) is 42.6 Å². The lowest BCUT2D eigenvalue weighted by molar-refractivity contribution is -0.117. The van der Waals surface area contributed by atoms with Crippen molar-refractivity contribution in [2.75, 3.05) is 36.4 Å². The van der Waals surface area contributed by atoms with E-state index in [9.17, 15) is 9.18 Å². The average molecular weight is 354 g/mol. The van der Waals surface area contributed by atoms with Crippen molar-refractivity contribution in [3.05, 3.63) is 54.0 Å². The van der Waals surface area contributed by atoms with Crippen molar-refractivity contribution < 1.29 is 9.18 Å². The van der Waals surface area contributed by atoms with Gasteiger partial charge in [-0.15, -0.1) is 0 Å². The molecule has 2 aliphatic rings. The van der Waals surface area contributed by atoms with Crippen LogP contribution in [0.2, 0.25) is 0 Å². The summed E-state index contributed by atoms with van der Waals surface area (Å²) < 4.78 is 13.0. The van der Waals surface area contributed by atoms with Crippen LogP contribution in [0.4, 0.5) is 15.9 Å². The standard InChI is InChI=1S/C20H23FN4O/c21-17-5-1-15(2-6-17)14-24-9-11-25(12-10-24)19-8-7-18(13-22-19)23-20(26)16-3-4-16/h1-2,5-8,13,16H,3-4,9-12,14H2,(H,23,26). The number of carbonyl (C=O) groups excluding carboxylic acids is 1. The Balaban J connectivity index is 1.28. The highest BCUT2D eigenvalue weighted by Crippen LogP contribution is 2.30. The number of halogens is 1. The fourth-order valence-electron chi connectivity index (χ4n) is 3.22. The Bertz CT molecular complexity index is 750. The van der Waals surface area contributed by atoms with Crippen LogP contribution in [0.5, 0.6) is 0 Å². The second-order valence-corrected chi connectivity index (χ2v) is 7.06. The van der Waals surface area contributed by atoms with Crippen LogP contribution in [-0.2, 0) is 11.3 Å². The summed E-state index contributed by atoms with van der Waals surface area (Å²) >= 11 is 0. The number of rotatable bonds is 5. The van der Waals surface area contributed by atoms with Crippen LogP contribution in [0, 0.1) is 11.7 Å². The average Bonchev–Trinajstić information content (AvgIpc) is 3.50. The second kappa shape index (κ2) is 7.41. The van der Waals surface area contributed by atoms with Crippen molar-refractivity contribution >= 4 is 17.4 Å². The monoisotopic (exact) mass is 354 g/mol. The number of hydrogen-bond acceptors (Lipinski definition) is 4. The molecule has 1 aromatic heterocycles. The molecule has 136 valence electrons. The minimum atomic E-state index is -0.193. The van der Waals surface area contributed by atoms with E-state index in [0.29, 0.717) is 0 Å². The highest BCUT2D eigenvalue weighted by molar-refractivity contribution is 5.93. The Morgan fingerprint density at radius 3 is 2.42 bits per heavy atom. The molecular weight excluding hydrogens is 331 g/mol. The van der Waals surface area contributed by atoms with Gasteiger partial charge in [0, 0.05) is 38.6 Å². The van der Waals surface area contributed by atoms with E-state index in [1.807, 2.05) is 24.3 Å². The van der Waals surface area contributed by atoms with Crippen molar-refractivity contribution in [3.8, 4) is 0 Å². The van der Waals surface area contributed by atoms with Gasteiger partial charge in [-0.05, 0) is 42.7 Å². The molecule has 0 radical (unpaired) electrons. The van der Waals surface area contributed by atoms with Crippen LogP contribution >= 0.6 is 0 Å². The zero-order valence-electron chi connectivity index (χ0n) is 14.7. The Kier molecular flexibility index (Phi) is 4.84. The van der Waals surface area contributed by atoms with Gasteiger partial charge >= 0.3 is 0 Å². The number of carbonyl (C=O) groups is 1. The van der Waals surface area contributed by atoms with Crippen molar-refractivity contribution in [3.63, 3.8) is 0 Å². The van der Waals surface area contributed by atoms with Crippen molar-refractivity contribution in [2.24, 2.45) is 5.92 Å². The van der Waals surface area contributed by atoms with Crippen LogP contribution in [-0.4, -0.2) is 42.0 Å². The number of benzene rings is 1. The summed E-state index contributed by atoms with van der Waals surface area (Å²) in [5.74, 6) is 1.05. The maximum absolute atomic E-state index is 13.0. The Morgan fingerprint density at radius 2 is 1.81 bits per heavy atom. The summed E-state index contributed by atoms with van der Waals surface area (Å²) in [4.78, 5) is 20.9. The maximum Gasteiger partial charge on any atom is 0.227 e. The SMILES string of the molecule is O=C(Nc1ccc(N2CCN(Cc3ccc(F)cc3)CC2)nc1)C1CC1. The van der Waals surface area contributed by atoms with Crippen molar-refractivity contribution in [1.29, 1.82) is 0 Å². The number of nitrogens with one attached hydrogen (secondary N) is 1. The van der Waals surface area contributed by atoms with Gasteiger partial charge in [0.1, 0.15) is 11.6 Å². The first-order chi connectivity index (χ1) is 12.7. The highest BCUT2D eigenvalue weighted by Gasteiger charge is 2.29. The van der Waals surface area contributed by atoms with Crippen LogP contribution in [0.3, 0.4) is 0 Å². The third kappa shape index (κ3) is 4.19. The van der Waals surface area contributed by atoms with Gasteiger partial charge in [-0.25, -0.2) is 9.37 Å². The minimum absolute atomic E-state index is 0.106. The first-order valence-corrected chi connectivity index (χ1v) is 9.16. The predicted octanol–water partition coefficient (Wildman–Crippen LogP) is 2.89. The molecular formula is C20H23FN4O. The van der Waals surface area contributed by atoms with E-state index in [1.54, 1.807) is 6.20 Å². The fourth-order valence-corrected chi connectivity index (χ4v) is 3.22. The number of aromatic nitrogens is 1. The summed E-state index contributed by atoms with van der Waals surface area (Å²) in [6.07, 6.45) is 3.74. The molecule has 0 atom stereocenters. The molecule has 1 saturated heterocycles. The topological polar surface area (TPSA) is 48.5 Å². The number of amides is 1. The van der Waals surface area contributed by atoms with Crippen LogP contribution in [0.1, 0.15) is 18.4 Å². The third-order valence-electron chi connectivity index (χ3n) is 4.98. The van der Waals surface area contributed by atoms with Crippen LogP contribution < -0.4 is 10.2 Å². The van der Waals surface area contributed by atoms with E-state index < -0.39 is 0 Å². The molecule has 0 unspecified atom stereocenters.